The van der Waals surface area contributed by atoms with Crippen LogP contribution in [0, 0.1) is 0 Å². The van der Waals surface area contributed by atoms with Crippen molar-refractivity contribution >= 4 is 43.9 Å². The van der Waals surface area contributed by atoms with E-state index in [2.05, 4.69) is 15.6 Å². The van der Waals surface area contributed by atoms with E-state index in [1.54, 1.807) is 36.4 Å². The zero-order valence-corrected chi connectivity index (χ0v) is 20.2. The summed E-state index contributed by atoms with van der Waals surface area (Å²) in [7, 11) is -3.11. The molecular formula is C25H25N3O4S2. The molecule has 0 aliphatic heterocycles. The molecule has 0 aliphatic carbocycles. The number of carbonyl (C=O) groups excluding carboxylic acids is 2. The van der Waals surface area contributed by atoms with Crippen LogP contribution < -0.4 is 10.6 Å². The molecule has 0 bridgehead atoms. The fourth-order valence-corrected chi connectivity index (χ4v) is 5.16. The molecule has 3 N–H and O–H groups in total. The lowest BCUT2D eigenvalue weighted by Crippen LogP contribution is -2.47. The molecule has 0 saturated carbocycles. The number of hydrogen-bond acceptors (Lipinski definition) is 5. The lowest BCUT2D eigenvalue weighted by molar-refractivity contribution is -0.123. The van der Waals surface area contributed by atoms with E-state index in [1.165, 1.54) is 17.6 Å². The van der Waals surface area contributed by atoms with Crippen LogP contribution in [0.1, 0.15) is 26.4 Å². The summed E-state index contributed by atoms with van der Waals surface area (Å²) in [4.78, 5) is 29.6. The molecule has 9 heteroatoms. The number of benzene rings is 2. The minimum Gasteiger partial charge on any atom is -0.361 e. The molecular weight excluding hydrogens is 470 g/mol. The molecule has 2 aromatic heterocycles. The Balaban J connectivity index is 1.47. The zero-order chi connectivity index (χ0) is 24.1. The maximum atomic E-state index is 13.1. The molecule has 176 valence electrons. The first-order chi connectivity index (χ1) is 16.3. The maximum absolute atomic E-state index is 13.1. The highest BCUT2D eigenvalue weighted by molar-refractivity contribution is 7.89. The van der Waals surface area contributed by atoms with Crippen LogP contribution in [0.25, 0.3) is 10.9 Å². The van der Waals surface area contributed by atoms with E-state index in [0.717, 1.165) is 22.0 Å². The Kier molecular flexibility index (Phi) is 7.14. The average Bonchev–Trinajstić information content (AvgIpc) is 3.48. The highest BCUT2D eigenvalue weighted by Gasteiger charge is 2.23. The number of aromatic nitrogens is 1. The zero-order valence-electron chi connectivity index (χ0n) is 18.6. The van der Waals surface area contributed by atoms with Gasteiger partial charge < -0.3 is 15.6 Å². The van der Waals surface area contributed by atoms with Crippen LogP contribution in [0.3, 0.4) is 0 Å². The summed E-state index contributed by atoms with van der Waals surface area (Å²) in [6, 6.07) is 17.6. The second kappa shape index (κ2) is 10.2. The molecule has 0 spiro atoms. The molecule has 0 fully saturated rings. The highest BCUT2D eigenvalue weighted by atomic mass is 32.2. The predicted octanol–water partition coefficient (Wildman–Crippen LogP) is 3.43. The van der Waals surface area contributed by atoms with Crippen molar-refractivity contribution < 1.29 is 18.0 Å². The van der Waals surface area contributed by atoms with Crippen molar-refractivity contribution in [2.45, 2.75) is 24.8 Å². The third kappa shape index (κ3) is 6.12. The van der Waals surface area contributed by atoms with Gasteiger partial charge in [-0.25, -0.2) is 8.42 Å². The topological polar surface area (TPSA) is 108 Å². The van der Waals surface area contributed by atoms with Gasteiger partial charge in [0.15, 0.2) is 9.84 Å². The van der Waals surface area contributed by atoms with Gasteiger partial charge in [0.2, 0.25) is 5.91 Å². The summed E-state index contributed by atoms with van der Waals surface area (Å²) in [6.07, 6.45) is 3.39. The molecule has 4 aromatic rings. The van der Waals surface area contributed by atoms with Crippen LogP contribution in [0.4, 0.5) is 0 Å². The van der Waals surface area contributed by atoms with E-state index < -0.39 is 15.9 Å². The quantitative estimate of drug-likeness (QED) is 0.331. The van der Waals surface area contributed by atoms with E-state index in [9.17, 15) is 18.0 Å². The molecule has 7 nitrogen and oxygen atoms in total. The van der Waals surface area contributed by atoms with Crippen molar-refractivity contribution in [2.24, 2.45) is 0 Å². The Hall–Kier alpha value is -3.43. The van der Waals surface area contributed by atoms with Gasteiger partial charge in [-0.15, -0.1) is 11.3 Å². The number of rotatable bonds is 9. The lowest BCUT2D eigenvalue weighted by atomic mass is 10.0. The van der Waals surface area contributed by atoms with Gasteiger partial charge in [0.05, 0.1) is 10.6 Å². The van der Waals surface area contributed by atoms with E-state index >= 15 is 0 Å². The third-order valence-corrected chi connectivity index (χ3v) is 7.11. The predicted molar refractivity (Wildman–Crippen MR) is 134 cm³/mol. The van der Waals surface area contributed by atoms with Gasteiger partial charge in [0, 0.05) is 36.3 Å². The summed E-state index contributed by atoms with van der Waals surface area (Å²) in [5.41, 5.74) is 3.43. The van der Waals surface area contributed by atoms with Gasteiger partial charge in [-0.05, 0) is 34.2 Å². The largest absolute Gasteiger partial charge is 0.361 e. The first kappa shape index (κ1) is 23.7. The first-order valence-corrected chi connectivity index (χ1v) is 13.6. The lowest BCUT2D eigenvalue weighted by Gasteiger charge is -2.18. The van der Waals surface area contributed by atoms with Gasteiger partial charge in [-0.1, -0.05) is 48.5 Å². The second-order valence-electron chi connectivity index (χ2n) is 8.17. The molecule has 1 unspecified atom stereocenters. The molecule has 1 atom stereocenters. The van der Waals surface area contributed by atoms with E-state index in [0.29, 0.717) is 16.9 Å². The van der Waals surface area contributed by atoms with Crippen molar-refractivity contribution in [1.29, 1.82) is 0 Å². The molecule has 4 rings (SSSR count). The first-order valence-electron chi connectivity index (χ1n) is 10.7. The number of aromatic amines is 1. The Morgan fingerprint density at radius 3 is 2.44 bits per heavy atom. The van der Waals surface area contributed by atoms with Crippen LogP contribution in [-0.4, -0.2) is 37.5 Å². The summed E-state index contributed by atoms with van der Waals surface area (Å²) in [5.74, 6) is -0.614. The van der Waals surface area contributed by atoms with Gasteiger partial charge in [0.25, 0.3) is 5.91 Å². The number of thiophene rings is 1. The number of H-pyrrole nitrogens is 1. The Bertz CT molecular complexity index is 1390. The number of fused-ring (bicyclic) bond motifs is 1. The van der Waals surface area contributed by atoms with E-state index in [4.69, 9.17) is 0 Å². The van der Waals surface area contributed by atoms with Crippen molar-refractivity contribution in [3.8, 4) is 0 Å². The van der Waals surface area contributed by atoms with Crippen molar-refractivity contribution in [2.75, 3.05) is 6.26 Å². The number of para-hydroxylation sites is 1. The molecule has 2 heterocycles. The Labute approximate surface area is 202 Å². The van der Waals surface area contributed by atoms with E-state index in [1.807, 2.05) is 35.8 Å². The number of nitrogens with one attached hydrogen (secondary N) is 3. The summed E-state index contributed by atoms with van der Waals surface area (Å²) in [5, 5.41) is 8.59. The van der Waals surface area contributed by atoms with Gasteiger partial charge in [-0.2, -0.15) is 0 Å². The van der Waals surface area contributed by atoms with Crippen LogP contribution in [0.2, 0.25) is 0 Å². The Morgan fingerprint density at radius 2 is 1.74 bits per heavy atom. The van der Waals surface area contributed by atoms with E-state index in [-0.39, 0.29) is 24.1 Å². The number of sulfone groups is 1. The van der Waals surface area contributed by atoms with Crippen molar-refractivity contribution in [3.05, 3.63) is 93.8 Å². The minimum absolute atomic E-state index is 0.0267. The molecule has 2 amide bonds. The van der Waals surface area contributed by atoms with Gasteiger partial charge in [-0.3, -0.25) is 9.59 Å². The standard InChI is InChI=1S/C25H25N3O4S2/c1-34(31,32)16-18-10-8-17(9-11-18)14-27-24(29)22(28-25(30)23-7-4-12-33-23)13-19-15-26-21-6-3-2-5-20(19)21/h2-12,15,22,26H,13-14,16H2,1H3,(H,27,29)(H,28,30). The van der Waals surface area contributed by atoms with Crippen molar-refractivity contribution in [1.82, 2.24) is 15.6 Å². The molecule has 2 aromatic carbocycles. The molecule has 0 saturated heterocycles. The number of amides is 2. The fourth-order valence-electron chi connectivity index (χ4n) is 3.74. The molecule has 34 heavy (non-hydrogen) atoms. The fraction of sp³-hybridized carbons (Fsp3) is 0.200. The molecule has 0 radical (unpaired) electrons. The smallest absolute Gasteiger partial charge is 0.262 e. The minimum atomic E-state index is -3.11. The van der Waals surface area contributed by atoms with Crippen molar-refractivity contribution in [3.63, 3.8) is 0 Å². The summed E-state index contributed by atoms with van der Waals surface area (Å²) in [6.45, 7) is 0.261. The van der Waals surface area contributed by atoms with Crippen LogP contribution in [-0.2, 0) is 33.4 Å². The van der Waals surface area contributed by atoms with Crippen LogP contribution in [0.5, 0.6) is 0 Å². The number of carbonyl (C=O) groups is 2. The summed E-state index contributed by atoms with van der Waals surface area (Å²) >= 11 is 1.32. The number of hydrogen-bond donors (Lipinski definition) is 3. The second-order valence-corrected chi connectivity index (χ2v) is 11.3. The van der Waals surface area contributed by atoms with Gasteiger partial charge >= 0.3 is 0 Å². The maximum Gasteiger partial charge on any atom is 0.262 e. The molecule has 0 aliphatic rings. The van der Waals surface area contributed by atoms with Crippen LogP contribution >= 0.6 is 11.3 Å². The summed E-state index contributed by atoms with van der Waals surface area (Å²) < 4.78 is 22.9. The normalized spacial score (nSPS) is 12.4. The monoisotopic (exact) mass is 495 g/mol. The highest BCUT2D eigenvalue weighted by Crippen LogP contribution is 2.20. The van der Waals surface area contributed by atoms with Crippen LogP contribution in [0.15, 0.2) is 72.2 Å². The third-order valence-electron chi connectivity index (χ3n) is 5.38. The SMILES string of the molecule is CS(=O)(=O)Cc1ccc(CNC(=O)C(Cc2c[nH]c3ccccc23)NC(=O)c2cccs2)cc1. The van der Waals surface area contributed by atoms with Gasteiger partial charge in [0.1, 0.15) is 6.04 Å². The average molecular weight is 496 g/mol. The Morgan fingerprint density at radius 1 is 1.00 bits per heavy atom.